The minimum absolute atomic E-state index is 0.140. The first-order chi connectivity index (χ1) is 9.97. The lowest BCUT2D eigenvalue weighted by Gasteiger charge is -2.23. The van der Waals surface area contributed by atoms with Gasteiger partial charge in [-0.2, -0.15) is 0 Å². The number of amides is 1. The zero-order valence-corrected chi connectivity index (χ0v) is 13.4. The maximum absolute atomic E-state index is 12.2. The summed E-state index contributed by atoms with van der Waals surface area (Å²) in [6, 6.07) is 3.63. The number of hydrogen-bond acceptors (Lipinski definition) is 3. The average molecular weight is 328 g/mol. The van der Waals surface area contributed by atoms with Crippen LogP contribution in [0.3, 0.4) is 0 Å². The number of likely N-dealkylation sites (tertiary alicyclic amines) is 1. The molecule has 1 aromatic rings. The molecule has 1 aliphatic heterocycles. The third-order valence-corrected chi connectivity index (χ3v) is 5.03. The molecule has 1 aliphatic rings. The molecule has 1 unspecified atom stereocenters. The molecule has 2 rings (SSSR count). The Labute approximate surface area is 133 Å². The molecule has 1 aromatic heterocycles. The third kappa shape index (κ3) is 3.66. The van der Waals surface area contributed by atoms with Crippen LogP contribution in [0.4, 0.5) is 0 Å². The standard InChI is InChI=1S/C15H18ClNO3S/c1-2-7-15(14(19)20)8-9-17(10-15)13(18)6-4-11-3-5-12(16)21-11/h3-6H,2,7-10H2,1H3,(H,19,20). The molecular formula is C15H18ClNO3S. The topological polar surface area (TPSA) is 57.6 Å². The first kappa shape index (κ1) is 16.0. The molecule has 1 fully saturated rings. The monoisotopic (exact) mass is 327 g/mol. The number of thiophene rings is 1. The summed E-state index contributed by atoms with van der Waals surface area (Å²) in [5.74, 6) is -0.938. The number of halogens is 1. The zero-order chi connectivity index (χ0) is 15.5. The van der Waals surface area contributed by atoms with Gasteiger partial charge in [0.2, 0.25) is 5.91 Å². The molecule has 0 aliphatic carbocycles. The Hall–Kier alpha value is -1.33. The second-order valence-corrected chi connectivity index (χ2v) is 7.07. The Balaban J connectivity index is 2.01. The van der Waals surface area contributed by atoms with Crippen molar-refractivity contribution in [3.8, 4) is 0 Å². The van der Waals surface area contributed by atoms with Crippen molar-refractivity contribution in [1.29, 1.82) is 0 Å². The molecule has 1 saturated heterocycles. The van der Waals surface area contributed by atoms with Crippen molar-refractivity contribution in [3.05, 3.63) is 27.4 Å². The molecule has 1 atom stereocenters. The highest BCUT2D eigenvalue weighted by Crippen LogP contribution is 2.35. The van der Waals surface area contributed by atoms with Gasteiger partial charge in [0, 0.05) is 24.0 Å². The van der Waals surface area contributed by atoms with Crippen LogP contribution in [0.1, 0.15) is 31.1 Å². The number of carboxylic acids is 1. The Kier molecular flexibility index (Phi) is 5.06. The van der Waals surface area contributed by atoms with Gasteiger partial charge in [0.05, 0.1) is 9.75 Å². The molecule has 0 spiro atoms. The number of hydrogen-bond donors (Lipinski definition) is 1. The Morgan fingerprint density at radius 1 is 1.52 bits per heavy atom. The van der Waals surface area contributed by atoms with Gasteiger partial charge >= 0.3 is 5.97 Å². The van der Waals surface area contributed by atoms with Crippen molar-refractivity contribution in [2.75, 3.05) is 13.1 Å². The van der Waals surface area contributed by atoms with Crippen LogP contribution in [0.15, 0.2) is 18.2 Å². The minimum Gasteiger partial charge on any atom is -0.481 e. The second kappa shape index (κ2) is 6.62. The number of aliphatic carboxylic acids is 1. The van der Waals surface area contributed by atoms with Gasteiger partial charge in [-0.3, -0.25) is 9.59 Å². The maximum atomic E-state index is 12.2. The summed E-state index contributed by atoms with van der Waals surface area (Å²) in [5, 5.41) is 9.44. The van der Waals surface area contributed by atoms with E-state index in [4.69, 9.17) is 11.6 Å². The molecule has 114 valence electrons. The number of carbonyl (C=O) groups is 2. The van der Waals surface area contributed by atoms with Crippen LogP contribution in [0.2, 0.25) is 4.34 Å². The summed E-state index contributed by atoms with van der Waals surface area (Å²) in [5.41, 5.74) is -0.773. The van der Waals surface area contributed by atoms with Gasteiger partial charge in [-0.1, -0.05) is 24.9 Å². The van der Waals surface area contributed by atoms with E-state index in [-0.39, 0.29) is 5.91 Å². The smallest absolute Gasteiger partial charge is 0.311 e. The summed E-state index contributed by atoms with van der Waals surface area (Å²) in [4.78, 5) is 26.2. The SMILES string of the molecule is CCCC1(C(=O)O)CCN(C(=O)C=Cc2ccc(Cl)s2)C1. The maximum Gasteiger partial charge on any atom is 0.311 e. The van der Waals surface area contributed by atoms with E-state index in [0.717, 1.165) is 11.3 Å². The lowest BCUT2D eigenvalue weighted by molar-refractivity contribution is -0.148. The third-order valence-electron chi connectivity index (χ3n) is 3.83. The molecule has 4 nitrogen and oxygen atoms in total. The zero-order valence-electron chi connectivity index (χ0n) is 11.8. The summed E-state index contributed by atoms with van der Waals surface area (Å²) in [6.45, 7) is 2.76. The largest absolute Gasteiger partial charge is 0.481 e. The van der Waals surface area contributed by atoms with Crippen molar-refractivity contribution in [3.63, 3.8) is 0 Å². The number of rotatable bonds is 5. The van der Waals surface area contributed by atoms with Crippen LogP contribution in [-0.4, -0.2) is 35.0 Å². The summed E-state index contributed by atoms with van der Waals surface area (Å²) < 4.78 is 0.677. The lowest BCUT2D eigenvalue weighted by Crippen LogP contribution is -2.36. The minimum atomic E-state index is -0.798. The van der Waals surface area contributed by atoms with E-state index in [9.17, 15) is 14.7 Å². The van der Waals surface area contributed by atoms with Gasteiger partial charge in [0.1, 0.15) is 0 Å². The Bertz CT molecular complexity index is 569. The molecule has 0 bridgehead atoms. The van der Waals surface area contributed by atoms with E-state index in [1.165, 1.54) is 17.4 Å². The lowest BCUT2D eigenvalue weighted by atomic mass is 9.83. The van der Waals surface area contributed by atoms with E-state index < -0.39 is 11.4 Å². The van der Waals surface area contributed by atoms with Crippen molar-refractivity contribution < 1.29 is 14.7 Å². The van der Waals surface area contributed by atoms with Gasteiger partial charge in [0.25, 0.3) is 0 Å². The van der Waals surface area contributed by atoms with Crippen molar-refractivity contribution >= 4 is 40.9 Å². The van der Waals surface area contributed by atoms with E-state index >= 15 is 0 Å². The first-order valence-electron chi connectivity index (χ1n) is 6.92. The van der Waals surface area contributed by atoms with Crippen molar-refractivity contribution in [2.24, 2.45) is 5.41 Å². The van der Waals surface area contributed by atoms with Crippen molar-refractivity contribution in [2.45, 2.75) is 26.2 Å². The van der Waals surface area contributed by atoms with E-state index in [0.29, 0.717) is 30.3 Å². The normalized spacial score (nSPS) is 22.1. The van der Waals surface area contributed by atoms with Gasteiger partial charge < -0.3 is 10.0 Å². The fraction of sp³-hybridized carbons (Fsp3) is 0.467. The van der Waals surface area contributed by atoms with Crippen molar-refractivity contribution in [1.82, 2.24) is 4.90 Å². The van der Waals surface area contributed by atoms with Gasteiger partial charge in [-0.15, -0.1) is 11.3 Å². The van der Waals surface area contributed by atoms with Crippen LogP contribution in [-0.2, 0) is 9.59 Å². The van der Waals surface area contributed by atoms with Gasteiger partial charge in [0.15, 0.2) is 0 Å². The highest BCUT2D eigenvalue weighted by Gasteiger charge is 2.44. The molecular weight excluding hydrogens is 310 g/mol. The van der Waals surface area contributed by atoms with Gasteiger partial charge in [-0.25, -0.2) is 0 Å². The highest BCUT2D eigenvalue weighted by molar-refractivity contribution is 7.17. The van der Waals surface area contributed by atoms with Crippen LogP contribution in [0.5, 0.6) is 0 Å². The van der Waals surface area contributed by atoms with E-state index in [1.807, 2.05) is 13.0 Å². The fourth-order valence-corrected chi connectivity index (χ4v) is 3.67. The average Bonchev–Trinajstić information content (AvgIpc) is 3.04. The number of nitrogens with zero attached hydrogens (tertiary/aromatic N) is 1. The predicted molar refractivity (Wildman–Crippen MR) is 84.5 cm³/mol. The Morgan fingerprint density at radius 3 is 2.86 bits per heavy atom. The van der Waals surface area contributed by atoms with Crippen LogP contribution in [0.25, 0.3) is 6.08 Å². The van der Waals surface area contributed by atoms with Gasteiger partial charge in [-0.05, 0) is 31.1 Å². The summed E-state index contributed by atoms with van der Waals surface area (Å²) in [6.07, 6.45) is 5.15. The second-order valence-electron chi connectivity index (χ2n) is 5.32. The first-order valence-corrected chi connectivity index (χ1v) is 8.12. The molecule has 21 heavy (non-hydrogen) atoms. The fourth-order valence-electron chi connectivity index (χ4n) is 2.70. The molecule has 1 N–H and O–H groups in total. The van der Waals surface area contributed by atoms with Crippen LogP contribution >= 0.6 is 22.9 Å². The molecule has 0 saturated carbocycles. The van der Waals surface area contributed by atoms with Crippen LogP contribution < -0.4 is 0 Å². The molecule has 0 radical (unpaired) electrons. The van der Waals surface area contributed by atoms with Crippen LogP contribution in [0, 0.1) is 5.41 Å². The molecule has 1 amide bonds. The number of carboxylic acid groups (broad SMARTS) is 1. The van der Waals surface area contributed by atoms with E-state index in [1.54, 1.807) is 17.0 Å². The van der Waals surface area contributed by atoms with E-state index in [2.05, 4.69) is 0 Å². The summed E-state index contributed by atoms with van der Waals surface area (Å²) >= 11 is 7.23. The number of carbonyl (C=O) groups excluding carboxylic acids is 1. The Morgan fingerprint density at radius 2 is 2.29 bits per heavy atom. The molecule has 2 heterocycles. The molecule has 6 heteroatoms. The highest BCUT2D eigenvalue weighted by atomic mass is 35.5. The predicted octanol–water partition coefficient (Wildman–Crippen LogP) is 3.52. The summed E-state index contributed by atoms with van der Waals surface area (Å²) in [7, 11) is 0. The molecule has 0 aromatic carbocycles. The quantitative estimate of drug-likeness (QED) is 0.842.